The number of carbonyl (C=O) groups excluding carboxylic acids is 1. The number of carbonyl (C=O) groups is 1. The maximum absolute atomic E-state index is 10.9. The topological polar surface area (TPSA) is 29.1 Å². The van der Waals surface area contributed by atoms with E-state index in [4.69, 9.17) is 23.2 Å². The first kappa shape index (κ1) is 10.0. The Hall–Kier alpha value is 0.0500. The second kappa shape index (κ2) is 4.80. The van der Waals surface area contributed by atoms with Crippen molar-refractivity contribution in [1.82, 2.24) is 5.32 Å². The van der Waals surface area contributed by atoms with E-state index < -0.39 is 0 Å². The molecule has 0 heterocycles. The van der Waals surface area contributed by atoms with Crippen LogP contribution in [0.5, 0.6) is 0 Å². The van der Waals surface area contributed by atoms with E-state index in [1.807, 2.05) is 0 Å². The molecule has 0 saturated heterocycles. The predicted octanol–water partition coefficient (Wildman–Crippen LogP) is 1.21. The van der Waals surface area contributed by atoms with Crippen LogP contribution in [0.4, 0.5) is 0 Å². The largest absolute Gasteiger partial charge is 0.359 e. The number of hydrogen-bond acceptors (Lipinski definition) is 1. The number of alkyl halides is 2. The summed E-state index contributed by atoms with van der Waals surface area (Å²) in [5.74, 6) is 0.0145. The Labute approximate surface area is 70.9 Å². The molecule has 0 bridgehead atoms. The molecule has 0 aliphatic rings. The van der Waals surface area contributed by atoms with Gasteiger partial charge in [0.05, 0.1) is 11.3 Å². The van der Waals surface area contributed by atoms with Crippen LogP contribution in [0, 0.1) is 5.92 Å². The lowest BCUT2D eigenvalue weighted by atomic mass is 10.1. The van der Waals surface area contributed by atoms with Crippen molar-refractivity contribution < 1.29 is 4.79 Å². The standard InChI is InChI=1S/C6H11Cl2NO/c1-4(5(8)3-7)6(10)9-2/h4-5H,3H2,1-2H3,(H,9,10). The minimum atomic E-state index is -0.276. The van der Waals surface area contributed by atoms with E-state index in [2.05, 4.69) is 5.32 Å². The first-order valence-electron chi connectivity index (χ1n) is 3.05. The fraction of sp³-hybridized carbons (Fsp3) is 0.833. The average molecular weight is 184 g/mol. The Morgan fingerprint density at radius 2 is 2.20 bits per heavy atom. The average Bonchev–Trinajstić information content (AvgIpc) is 2.00. The van der Waals surface area contributed by atoms with Gasteiger partial charge in [-0.1, -0.05) is 6.92 Å². The van der Waals surface area contributed by atoms with E-state index in [-0.39, 0.29) is 17.2 Å². The number of rotatable bonds is 3. The van der Waals surface area contributed by atoms with Crippen LogP contribution < -0.4 is 5.32 Å². The maximum Gasteiger partial charge on any atom is 0.224 e. The SMILES string of the molecule is CNC(=O)C(C)C(Cl)CCl. The molecule has 0 fully saturated rings. The molecule has 1 N–H and O–H groups in total. The Balaban J connectivity index is 3.81. The zero-order valence-electron chi connectivity index (χ0n) is 6.03. The van der Waals surface area contributed by atoms with Crippen LogP contribution in [-0.4, -0.2) is 24.2 Å². The van der Waals surface area contributed by atoms with Gasteiger partial charge < -0.3 is 5.32 Å². The Bertz CT molecular complexity index is 118. The Morgan fingerprint density at radius 3 is 2.50 bits per heavy atom. The summed E-state index contributed by atoms with van der Waals surface area (Å²) in [5.41, 5.74) is 0. The van der Waals surface area contributed by atoms with Gasteiger partial charge in [-0.25, -0.2) is 0 Å². The highest BCUT2D eigenvalue weighted by Gasteiger charge is 2.19. The van der Waals surface area contributed by atoms with Crippen molar-refractivity contribution in [2.75, 3.05) is 12.9 Å². The van der Waals surface area contributed by atoms with E-state index in [0.717, 1.165) is 0 Å². The molecule has 0 radical (unpaired) electrons. The zero-order chi connectivity index (χ0) is 8.15. The minimum Gasteiger partial charge on any atom is -0.359 e. The van der Waals surface area contributed by atoms with Gasteiger partial charge in [0.2, 0.25) is 5.91 Å². The van der Waals surface area contributed by atoms with Crippen molar-refractivity contribution in [1.29, 1.82) is 0 Å². The molecule has 1 amide bonds. The quantitative estimate of drug-likeness (QED) is 0.656. The van der Waals surface area contributed by atoms with E-state index in [1.54, 1.807) is 14.0 Å². The van der Waals surface area contributed by atoms with Crippen LogP contribution in [0.2, 0.25) is 0 Å². The maximum atomic E-state index is 10.9. The highest BCUT2D eigenvalue weighted by molar-refractivity contribution is 6.29. The first-order chi connectivity index (χ1) is 4.63. The number of nitrogens with one attached hydrogen (secondary N) is 1. The van der Waals surface area contributed by atoms with Crippen molar-refractivity contribution in [2.24, 2.45) is 5.92 Å². The molecule has 0 saturated carbocycles. The summed E-state index contributed by atoms with van der Waals surface area (Å²) < 4.78 is 0. The van der Waals surface area contributed by atoms with Gasteiger partial charge >= 0.3 is 0 Å². The first-order valence-corrected chi connectivity index (χ1v) is 4.02. The van der Waals surface area contributed by atoms with Crippen molar-refractivity contribution >= 4 is 29.1 Å². The van der Waals surface area contributed by atoms with Crippen LogP contribution >= 0.6 is 23.2 Å². The van der Waals surface area contributed by atoms with Gasteiger partial charge in [0.25, 0.3) is 0 Å². The van der Waals surface area contributed by atoms with Crippen molar-refractivity contribution in [3.63, 3.8) is 0 Å². The summed E-state index contributed by atoms with van der Waals surface area (Å²) in [5, 5.41) is 2.22. The molecule has 0 rings (SSSR count). The van der Waals surface area contributed by atoms with Gasteiger partial charge in [-0.3, -0.25) is 4.79 Å². The molecule has 0 aliphatic carbocycles. The molecule has 2 nitrogen and oxygen atoms in total. The van der Waals surface area contributed by atoms with Crippen molar-refractivity contribution in [3.05, 3.63) is 0 Å². The third-order valence-electron chi connectivity index (χ3n) is 1.35. The summed E-state index contributed by atoms with van der Waals surface area (Å²) in [6, 6.07) is 0. The summed E-state index contributed by atoms with van der Waals surface area (Å²) in [6.45, 7) is 1.75. The fourth-order valence-electron chi connectivity index (χ4n) is 0.526. The van der Waals surface area contributed by atoms with E-state index in [1.165, 1.54) is 0 Å². The minimum absolute atomic E-state index is 0.0688. The van der Waals surface area contributed by atoms with Gasteiger partial charge in [-0.2, -0.15) is 0 Å². The second-order valence-corrected chi connectivity index (χ2v) is 2.94. The van der Waals surface area contributed by atoms with Gasteiger partial charge in [0, 0.05) is 12.9 Å². The lowest BCUT2D eigenvalue weighted by molar-refractivity contribution is -0.123. The van der Waals surface area contributed by atoms with Crippen LogP contribution in [0.15, 0.2) is 0 Å². The molecule has 0 aromatic rings. The van der Waals surface area contributed by atoms with Gasteiger partial charge in [-0.05, 0) is 0 Å². The molecule has 0 aromatic heterocycles. The summed E-state index contributed by atoms with van der Waals surface area (Å²) >= 11 is 11.1. The normalized spacial score (nSPS) is 16.0. The van der Waals surface area contributed by atoms with E-state index in [0.29, 0.717) is 5.88 Å². The molecule has 0 spiro atoms. The summed E-state index contributed by atoms with van der Waals surface area (Å²) in [6.07, 6.45) is 0. The van der Waals surface area contributed by atoms with Gasteiger partial charge in [0.15, 0.2) is 0 Å². The molecule has 2 atom stereocenters. The number of halogens is 2. The molecule has 0 aliphatic heterocycles. The van der Waals surface area contributed by atoms with Crippen LogP contribution in [-0.2, 0) is 4.79 Å². The van der Waals surface area contributed by atoms with Crippen LogP contribution in [0.1, 0.15) is 6.92 Å². The molecular weight excluding hydrogens is 173 g/mol. The molecule has 60 valence electrons. The fourth-order valence-corrected chi connectivity index (χ4v) is 0.907. The number of hydrogen-bond donors (Lipinski definition) is 1. The third-order valence-corrected chi connectivity index (χ3v) is 2.37. The Kier molecular flexibility index (Phi) is 4.83. The second-order valence-electron chi connectivity index (χ2n) is 2.07. The van der Waals surface area contributed by atoms with Crippen molar-refractivity contribution in [2.45, 2.75) is 12.3 Å². The van der Waals surface area contributed by atoms with Crippen molar-refractivity contribution in [3.8, 4) is 0 Å². The van der Waals surface area contributed by atoms with E-state index >= 15 is 0 Å². The monoisotopic (exact) mass is 183 g/mol. The van der Waals surface area contributed by atoms with Crippen LogP contribution in [0.3, 0.4) is 0 Å². The molecule has 4 heteroatoms. The summed E-state index contributed by atoms with van der Waals surface area (Å²) in [4.78, 5) is 10.9. The highest BCUT2D eigenvalue weighted by Crippen LogP contribution is 2.11. The third kappa shape index (κ3) is 2.76. The smallest absolute Gasteiger partial charge is 0.224 e. The highest BCUT2D eigenvalue weighted by atomic mass is 35.5. The molecular formula is C6H11Cl2NO. The summed E-state index contributed by atoms with van der Waals surface area (Å²) in [7, 11) is 1.58. The number of amides is 1. The van der Waals surface area contributed by atoms with Gasteiger partial charge in [0.1, 0.15) is 0 Å². The van der Waals surface area contributed by atoms with Gasteiger partial charge in [-0.15, -0.1) is 23.2 Å². The molecule has 10 heavy (non-hydrogen) atoms. The molecule has 0 aromatic carbocycles. The zero-order valence-corrected chi connectivity index (χ0v) is 7.54. The Morgan fingerprint density at radius 1 is 1.70 bits per heavy atom. The lowest BCUT2D eigenvalue weighted by Crippen LogP contribution is -2.31. The molecule has 2 unspecified atom stereocenters. The van der Waals surface area contributed by atoms with Crippen LogP contribution in [0.25, 0.3) is 0 Å². The lowest BCUT2D eigenvalue weighted by Gasteiger charge is -2.12. The predicted molar refractivity (Wildman–Crippen MR) is 43.6 cm³/mol. The van der Waals surface area contributed by atoms with E-state index in [9.17, 15) is 4.79 Å².